The van der Waals surface area contributed by atoms with Crippen LogP contribution in [-0.2, 0) is 0 Å². The normalized spacial score (nSPS) is 11.9. The lowest BCUT2D eigenvalue weighted by Crippen LogP contribution is -1.87. The SMILES string of the molecule is c1cncc(-c2cccc3c2sc2c(-c4ccc5c6ccc(-c7cccc8c7sc7c(-c9cccnc9)cccc78)cc6c6ccccc6c5c4)cccc23)c1. The van der Waals surface area contributed by atoms with E-state index in [-0.39, 0.29) is 0 Å². The molecule has 0 N–H and O–H groups in total. The van der Waals surface area contributed by atoms with E-state index in [4.69, 9.17) is 0 Å². The zero-order chi connectivity index (χ0) is 36.7. The van der Waals surface area contributed by atoms with Crippen molar-refractivity contribution < 1.29 is 0 Å². The van der Waals surface area contributed by atoms with Crippen molar-refractivity contribution in [3.63, 3.8) is 0 Å². The van der Waals surface area contributed by atoms with Gasteiger partial charge in [-0.25, -0.2) is 0 Å². The zero-order valence-corrected chi connectivity index (χ0v) is 31.7. The minimum atomic E-state index is 1.15. The van der Waals surface area contributed by atoms with Crippen molar-refractivity contribution in [3.8, 4) is 44.5 Å². The van der Waals surface area contributed by atoms with Crippen LogP contribution in [0.2, 0.25) is 0 Å². The topological polar surface area (TPSA) is 25.8 Å². The second-order valence-electron chi connectivity index (χ2n) is 14.5. The van der Waals surface area contributed by atoms with Crippen LogP contribution in [0.1, 0.15) is 0 Å². The van der Waals surface area contributed by atoms with Crippen molar-refractivity contribution in [1.29, 1.82) is 0 Å². The number of hydrogen-bond acceptors (Lipinski definition) is 4. The summed E-state index contributed by atoms with van der Waals surface area (Å²) in [4.78, 5) is 8.84. The maximum atomic E-state index is 4.42. The van der Waals surface area contributed by atoms with Gasteiger partial charge in [-0.3, -0.25) is 9.97 Å². The fourth-order valence-electron chi connectivity index (χ4n) is 8.89. The molecule has 0 spiro atoms. The minimum absolute atomic E-state index is 1.15. The van der Waals surface area contributed by atoms with E-state index in [1.54, 1.807) is 0 Å². The Morgan fingerprint density at radius 1 is 0.268 bits per heavy atom. The van der Waals surface area contributed by atoms with Gasteiger partial charge in [0.2, 0.25) is 0 Å². The first-order valence-electron chi connectivity index (χ1n) is 18.9. The Kier molecular flexibility index (Phi) is 7.00. The molecule has 4 heteroatoms. The summed E-state index contributed by atoms with van der Waals surface area (Å²) in [6.07, 6.45) is 7.60. The Labute approximate surface area is 330 Å². The zero-order valence-electron chi connectivity index (χ0n) is 30.0. The summed E-state index contributed by atoms with van der Waals surface area (Å²) < 4.78 is 5.24. The van der Waals surface area contributed by atoms with Crippen molar-refractivity contribution in [1.82, 2.24) is 9.97 Å². The van der Waals surface area contributed by atoms with Crippen LogP contribution in [0.4, 0.5) is 0 Å². The van der Waals surface area contributed by atoms with Crippen molar-refractivity contribution in [2.24, 2.45) is 0 Å². The van der Waals surface area contributed by atoms with Gasteiger partial charge in [0.1, 0.15) is 0 Å². The molecule has 0 saturated heterocycles. The molecule has 8 aromatic carbocycles. The van der Waals surface area contributed by atoms with Crippen LogP contribution >= 0.6 is 22.7 Å². The first-order valence-corrected chi connectivity index (χ1v) is 20.5. The van der Waals surface area contributed by atoms with Crippen LogP contribution in [0, 0.1) is 0 Å². The molecule has 0 amide bonds. The van der Waals surface area contributed by atoms with E-state index >= 15 is 0 Å². The number of aromatic nitrogens is 2. The summed E-state index contributed by atoms with van der Waals surface area (Å²) in [5.74, 6) is 0. The molecule has 0 unspecified atom stereocenters. The summed E-state index contributed by atoms with van der Waals surface area (Å²) in [5.41, 5.74) is 9.77. The monoisotopic (exact) mass is 746 g/mol. The summed E-state index contributed by atoms with van der Waals surface area (Å²) in [7, 11) is 0. The Morgan fingerprint density at radius 3 is 1.00 bits per heavy atom. The third-order valence-electron chi connectivity index (χ3n) is 11.5. The second kappa shape index (κ2) is 12.4. The lowest BCUT2D eigenvalue weighted by atomic mass is 9.90. The average Bonchev–Trinajstić information content (AvgIpc) is 3.86. The number of hydrogen-bond donors (Lipinski definition) is 0. The smallest absolute Gasteiger partial charge is 0.0434 e. The second-order valence-corrected chi connectivity index (χ2v) is 16.5. The maximum Gasteiger partial charge on any atom is 0.0434 e. The number of pyridine rings is 2. The highest BCUT2D eigenvalue weighted by molar-refractivity contribution is 7.27. The van der Waals surface area contributed by atoms with E-state index in [2.05, 4.69) is 156 Å². The Balaban J connectivity index is 1.04. The summed E-state index contributed by atoms with van der Waals surface area (Å²) in [6, 6.07) is 58.3. The van der Waals surface area contributed by atoms with Gasteiger partial charge in [0.05, 0.1) is 0 Å². The molecular weight excluding hydrogens is 717 g/mol. The molecule has 0 aliphatic carbocycles. The predicted molar refractivity (Wildman–Crippen MR) is 242 cm³/mol. The standard InChI is InChI=1S/C52H30N2S2/c1-2-12-40-39(11-1)47-27-31(35-13-3-17-43-45-19-5-15-37(51(45)55-49(35)43)33-9-7-25-53-29-33)21-23-41(47)42-24-22-32(28-48(40)42)36-14-4-18-44-46-20-6-16-38(52(46)56-50(36)44)34-10-8-26-54-30-34/h1-30H. The summed E-state index contributed by atoms with van der Waals surface area (Å²) in [5, 5.41) is 12.8. The number of nitrogens with zero attached hydrogens (tertiary/aromatic N) is 2. The molecular formula is C52H30N2S2. The van der Waals surface area contributed by atoms with E-state index in [1.807, 2.05) is 59.6 Å². The van der Waals surface area contributed by atoms with E-state index < -0.39 is 0 Å². The van der Waals surface area contributed by atoms with Gasteiger partial charge in [-0.1, -0.05) is 133 Å². The highest BCUT2D eigenvalue weighted by atomic mass is 32.1. The molecule has 0 aliphatic rings. The van der Waals surface area contributed by atoms with E-state index in [0.29, 0.717) is 0 Å². The van der Waals surface area contributed by atoms with Gasteiger partial charge in [-0.05, 0) is 78.8 Å². The fourth-order valence-corrected chi connectivity index (χ4v) is 11.6. The van der Waals surface area contributed by atoms with Gasteiger partial charge < -0.3 is 0 Å². The van der Waals surface area contributed by atoms with E-state index in [9.17, 15) is 0 Å². The lowest BCUT2D eigenvalue weighted by molar-refractivity contribution is 1.33. The van der Waals surface area contributed by atoms with Crippen LogP contribution in [-0.4, -0.2) is 9.97 Å². The van der Waals surface area contributed by atoms with Gasteiger partial charge in [0.25, 0.3) is 0 Å². The highest BCUT2D eigenvalue weighted by Gasteiger charge is 2.18. The Hall–Kier alpha value is -6.72. The first kappa shape index (κ1) is 31.6. The van der Waals surface area contributed by atoms with E-state index in [1.165, 1.54) is 106 Å². The molecule has 12 rings (SSSR count). The first-order chi connectivity index (χ1) is 27.8. The third-order valence-corrected chi connectivity index (χ3v) is 14.0. The molecule has 4 aromatic heterocycles. The molecule has 260 valence electrons. The molecule has 12 aromatic rings. The largest absolute Gasteiger partial charge is 0.264 e. The van der Waals surface area contributed by atoms with Crippen molar-refractivity contribution in [3.05, 3.63) is 183 Å². The van der Waals surface area contributed by atoms with Crippen molar-refractivity contribution >= 4 is 95.3 Å². The molecule has 0 atom stereocenters. The van der Waals surface area contributed by atoms with Gasteiger partial charge in [-0.2, -0.15) is 0 Å². The average molecular weight is 747 g/mol. The molecule has 56 heavy (non-hydrogen) atoms. The lowest BCUT2D eigenvalue weighted by Gasteiger charge is -2.14. The molecule has 0 aliphatic heterocycles. The van der Waals surface area contributed by atoms with Gasteiger partial charge >= 0.3 is 0 Å². The summed E-state index contributed by atoms with van der Waals surface area (Å²) in [6.45, 7) is 0. The number of thiophene rings is 2. The fraction of sp³-hybridized carbons (Fsp3) is 0. The van der Waals surface area contributed by atoms with Gasteiger partial charge in [0.15, 0.2) is 0 Å². The van der Waals surface area contributed by atoms with Crippen LogP contribution in [0.3, 0.4) is 0 Å². The molecule has 2 nitrogen and oxygen atoms in total. The van der Waals surface area contributed by atoms with Crippen LogP contribution < -0.4 is 0 Å². The number of benzene rings is 8. The van der Waals surface area contributed by atoms with Crippen molar-refractivity contribution in [2.75, 3.05) is 0 Å². The molecule has 4 heterocycles. The van der Waals surface area contributed by atoms with Crippen molar-refractivity contribution in [2.45, 2.75) is 0 Å². The number of rotatable bonds is 4. The minimum Gasteiger partial charge on any atom is -0.264 e. The Morgan fingerprint density at radius 2 is 0.625 bits per heavy atom. The third kappa shape index (κ3) is 4.73. The molecule has 0 bridgehead atoms. The van der Waals surface area contributed by atoms with Crippen LogP contribution in [0.15, 0.2) is 183 Å². The summed E-state index contributed by atoms with van der Waals surface area (Å²) >= 11 is 3.77. The maximum absolute atomic E-state index is 4.42. The van der Waals surface area contributed by atoms with Gasteiger partial charge in [0, 0.05) is 87.4 Å². The van der Waals surface area contributed by atoms with Gasteiger partial charge in [-0.15, -0.1) is 22.7 Å². The molecule has 0 saturated carbocycles. The van der Waals surface area contributed by atoms with Crippen LogP contribution in [0.25, 0.3) is 117 Å². The Bertz CT molecular complexity index is 3270. The quantitative estimate of drug-likeness (QED) is 0.168. The number of fused-ring (bicyclic) bond motifs is 12. The van der Waals surface area contributed by atoms with Crippen LogP contribution in [0.5, 0.6) is 0 Å². The molecule has 0 fully saturated rings. The predicted octanol–water partition coefficient (Wildman–Crippen LogP) is 15.3. The highest BCUT2D eigenvalue weighted by Crippen LogP contribution is 2.47. The molecule has 0 radical (unpaired) electrons. The van der Waals surface area contributed by atoms with E-state index in [0.717, 1.165) is 11.1 Å².